The molecular weight excluding hydrogens is 717 g/mol. The maximum Gasteiger partial charge on any atom is 0.136 e. The quantitative estimate of drug-likeness (QED) is 0.169. The number of rotatable bonds is 6. The van der Waals surface area contributed by atoms with Crippen molar-refractivity contribution < 1.29 is 4.42 Å². The van der Waals surface area contributed by atoms with Crippen LogP contribution in [-0.2, 0) is 0 Å². The number of furan rings is 1. The molecule has 0 aliphatic heterocycles. The van der Waals surface area contributed by atoms with Crippen LogP contribution in [0.3, 0.4) is 0 Å². The van der Waals surface area contributed by atoms with Gasteiger partial charge in [0.1, 0.15) is 11.2 Å². The van der Waals surface area contributed by atoms with E-state index in [0.717, 1.165) is 55.6 Å². The SMILES string of the molecule is c1ccc(-c2ccc(N(c3ccc4cc5c(cc4c3)oc3ccccc35)c3ccc4c5cc6ccccc6cc5n(-c5cccc(-c6ccccc6)c5)c4c3)cc2)cc1. The monoisotopic (exact) mass is 752 g/mol. The Balaban J connectivity index is 1.09. The molecule has 0 unspecified atom stereocenters. The number of hydrogen-bond acceptors (Lipinski definition) is 2. The fourth-order valence-corrected chi connectivity index (χ4v) is 9.04. The zero-order valence-corrected chi connectivity index (χ0v) is 32.1. The summed E-state index contributed by atoms with van der Waals surface area (Å²) in [7, 11) is 0. The molecular formula is C56H36N2O. The van der Waals surface area contributed by atoms with E-state index < -0.39 is 0 Å². The smallest absolute Gasteiger partial charge is 0.136 e. The number of anilines is 3. The average molecular weight is 753 g/mol. The van der Waals surface area contributed by atoms with E-state index in [-0.39, 0.29) is 0 Å². The molecule has 0 spiro atoms. The van der Waals surface area contributed by atoms with Gasteiger partial charge >= 0.3 is 0 Å². The predicted molar refractivity (Wildman–Crippen MR) is 249 cm³/mol. The summed E-state index contributed by atoms with van der Waals surface area (Å²) in [6.07, 6.45) is 0. The first kappa shape index (κ1) is 33.3. The normalized spacial score (nSPS) is 11.7. The average Bonchev–Trinajstić information content (AvgIpc) is 3.82. The molecule has 2 heterocycles. The van der Waals surface area contributed by atoms with E-state index in [0.29, 0.717) is 0 Å². The fourth-order valence-electron chi connectivity index (χ4n) is 9.04. The Morgan fingerprint density at radius 1 is 0.305 bits per heavy atom. The Labute approximate surface area is 341 Å². The second-order valence-corrected chi connectivity index (χ2v) is 15.4. The molecule has 12 rings (SSSR count). The number of fused-ring (bicyclic) bond motifs is 8. The van der Waals surface area contributed by atoms with Gasteiger partial charge in [0.25, 0.3) is 0 Å². The third-order valence-electron chi connectivity index (χ3n) is 11.9. The lowest BCUT2D eigenvalue weighted by atomic mass is 10.0. The molecule has 3 nitrogen and oxygen atoms in total. The number of benzene rings is 10. The Morgan fingerprint density at radius 2 is 0.898 bits per heavy atom. The molecule has 0 fully saturated rings. The lowest BCUT2D eigenvalue weighted by Gasteiger charge is -2.26. The van der Waals surface area contributed by atoms with Gasteiger partial charge < -0.3 is 13.9 Å². The minimum Gasteiger partial charge on any atom is -0.456 e. The van der Waals surface area contributed by atoms with Crippen molar-refractivity contribution in [3.8, 4) is 27.9 Å². The first-order chi connectivity index (χ1) is 29.2. The van der Waals surface area contributed by atoms with Crippen LogP contribution in [0.5, 0.6) is 0 Å². The van der Waals surface area contributed by atoms with E-state index >= 15 is 0 Å². The van der Waals surface area contributed by atoms with Gasteiger partial charge in [0.05, 0.1) is 11.0 Å². The zero-order valence-electron chi connectivity index (χ0n) is 32.1. The minimum absolute atomic E-state index is 0.894. The molecule has 12 aromatic rings. The molecule has 0 N–H and O–H groups in total. The number of nitrogens with zero attached hydrogens (tertiary/aromatic N) is 2. The van der Waals surface area contributed by atoms with Crippen LogP contribution in [-0.4, -0.2) is 4.57 Å². The van der Waals surface area contributed by atoms with Crippen LogP contribution in [0.15, 0.2) is 223 Å². The van der Waals surface area contributed by atoms with E-state index in [2.05, 4.69) is 216 Å². The van der Waals surface area contributed by atoms with Gasteiger partial charge in [-0.3, -0.25) is 0 Å². The van der Waals surface area contributed by atoms with Crippen molar-refractivity contribution in [2.75, 3.05) is 4.90 Å². The highest BCUT2D eigenvalue weighted by molar-refractivity contribution is 6.15. The summed E-state index contributed by atoms with van der Waals surface area (Å²) >= 11 is 0. The van der Waals surface area contributed by atoms with Crippen molar-refractivity contribution in [2.24, 2.45) is 0 Å². The highest BCUT2D eigenvalue weighted by Gasteiger charge is 2.20. The molecule has 10 aromatic carbocycles. The highest BCUT2D eigenvalue weighted by Crippen LogP contribution is 2.43. The van der Waals surface area contributed by atoms with Gasteiger partial charge in [0.15, 0.2) is 0 Å². The van der Waals surface area contributed by atoms with Crippen LogP contribution in [0.1, 0.15) is 0 Å². The number of para-hydroxylation sites is 1. The molecule has 0 bridgehead atoms. The molecule has 59 heavy (non-hydrogen) atoms. The zero-order chi connectivity index (χ0) is 38.9. The van der Waals surface area contributed by atoms with Gasteiger partial charge in [-0.1, -0.05) is 140 Å². The van der Waals surface area contributed by atoms with Crippen molar-refractivity contribution in [1.82, 2.24) is 4.57 Å². The summed E-state index contributed by atoms with van der Waals surface area (Å²) in [5.41, 5.74) is 13.2. The van der Waals surface area contributed by atoms with Crippen LogP contribution < -0.4 is 4.90 Å². The molecule has 0 atom stereocenters. The Kier molecular flexibility index (Phi) is 7.54. The van der Waals surface area contributed by atoms with Crippen LogP contribution in [0.25, 0.3) is 93.2 Å². The highest BCUT2D eigenvalue weighted by atomic mass is 16.3. The number of hydrogen-bond donors (Lipinski definition) is 0. The molecule has 3 heteroatoms. The third kappa shape index (κ3) is 5.59. The van der Waals surface area contributed by atoms with Gasteiger partial charge in [-0.25, -0.2) is 0 Å². The van der Waals surface area contributed by atoms with E-state index in [1.165, 1.54) is 54.7 Å². The first-order valence-corrected chi connectivity index (χ1v) is 20.2. The summed E-state index contributed by atoms with van der Waals surface area (Å²) in [6, 6.07) is 78.9. The molecule has 2 aromatic heterocycles. The summed E-state index contributed by atoms with van der Waals surface area (Å²) < 4.78 is 8.81. The predicted octanol–water partition coefficient (Wildman–Crippen LogP) is 15.8. The molecule has 0 saturated carbocycles. The maximum absolute atomic E-state index is 6.37. The standard InChI is InChI=1S/C56H36N2O/c1-3-12-37(13-4-1)39-22-25-45(26-23-39)57(47-27-24-43-33-52-50-20-9-10-21-55(50)59-56(52)35-44(43)31-47)48-28-29-49-51-32-41-16-7-8-17-42(41)34-53(51)58(54(49)36-48)46-19-11-18-40(30-46)38-14-5-2-6-15-38/h1-36H. The van der Waals surface area contributed by atoms with E-state index in [9.17, 15) is 0 Å². The second kappa shape index (κ2) is 13.4. The Bertz CT molecular complexity index is 3540. The summed E-state index contributed by atoms with van der Waals surface area (Å²) in [6.45, 7) is 0. The Hall–Kier alpha value is -7.88. The summed E-state index contributed by atoms with van der Waals surface area (Å²) in [5.74, 6) is 0. The molecule has 0 saturated heterocycles. The number of aromatic nitrogens is 1. The lowest BCUT2D eigenvalue weighted by Crippen LogP contribution is -2.10. The molecule has 0 radical (unpaired) electrons. The minimum atomic E-state index is 0.894. The fraction of sp³-hybridized carbons (Fsp3) is 0. The van der Waals surface area contributed by atoms with Gasteiger partial charge in [-0.05, 0) is 123 Å². The van der Waals surface area contributed by atoms with Crippen molar-refractivity contribution in [3.63, 3.8) is 0 Å². The summed E-state index contributed by atoms with van der Waals surface area (Å²) in [4.78, 5) is 2.38. The van der Waals surface area contributed by atoms with Crippen molar-refractivity contribution >= 4 is 82.4 Å². The van der Waals surface area contributed by atoms with Gasteiger partial charge in [0, 0.05) is 44.3 Å². The Morgan fingerprint density at radius 3 is 1.71 bits per heavy atom. The van der Waals surface area contributed by atoms with Crippen molar-refractivity contribution in [3.05, 3.63) is 218 Å². The van der Waals surface area contributed by atoms with Crippen LogP contribution in [0, 0.1) is 0 Å². The molecule has 0 aliphatic carbocycles. The van der Waals surface area contributed by atoms with Crippen molar-refractivity contribution in [1.29, 1.82) is 0 Å². The van der Waals surface area contributed by atoms with E-state index in [4.69, 9.17) is 4.42 Å². The topological polar surface area (TPSA) is 21.3 Å². The van der Waals surface area contributed by atoms with Crippen molar-refractivity contribution in [2.45, 2.75) is 0 Å². The summed E-state index contributed by atoms with van der Waals surface area (Å²) in [5, 5.41) is 9.47. The van der Waals surface area contributed by atoms with Crippen LogP contribution in [0.4, 0.5) is 17.1 Å². The third-order valence-corrected chi connectivity index (χ3v) is 11.9. The second-order valence-electron chi connectivity index (χ2n) is 15.4. The largest absolute Gasteiger partial charge is 0.456 e. The lowest BCUT2D eigenvalue weighted by molar-refractivity contribution is 0.669. The van der Waals surface area contributed by atoms with Gasteiger partial charge in [-0.15, -0.1) is 0 Å². The van der Waals surface area contributed by atoms with Crippen LogP contribution in [0.2, 0.25) is 0 Å². The molecule has 0 amide bonds. The first-order valence-electron chi connectivity index (χ1n) is 20.2. The van der Waals surface area contributed by atoms with E-state index in [1.54, 1.807) is 0 Å². The molecule has 0 aliphatic rings. The van der Waals surface area contributed by atoms with Gasteiger partial charge in [0.2, 0.25) is 0 Å². The van der Waals surface area contributed by atoms with Crippen LogP contribution >= 0.6 is 0 Å². The maximum atomic E-state index is 6.37. The van der Waals surface area contributed by atoms with Gasteiger partial charge in [-0.2, -0.15) is 0 Å². The van der Waals surface area contributed by atoms with E-state index in [1.807, 2.05) is 12.1 Å². The molecule has 276 valence electrons.